The van der Waals surface area contributed by atoms with Crippen LogP contribution in [0.3, 0.4) is 0 Å². The lowest BCUT2D eigenvalue weighted by molar-refractivity contribution is 0.112. The fourth-order valence-electron chi connectivity index (χ4n) is 1.28. The molecule has 0 bridgehead atoms. The Morgan fingerprint density at radius 3 is 3.00 bits per heavy atom. The average Bonchev–Trinajstić information content (AvgIpc) is 2.70. The first-order valence-electron chi connectivity index (χ1n) is 4.37. The van der Waals surface area contributed by atoms with Crippen LogP contribution in [0.15, 0.2) is 29.0 Å². The maximum Gasteiger partial charge on any atom is 0.153 e. The summed E-state index contributed by atoms with van der Waals surface area (Å²) in [6.45, 7) is 1.81. The van der Waals surface area contributed by atoms with Crippen LogP contribution in [0.5, 0.6) is 0 Å². The molecule has 0 aliphatic rings. The molecular weight excluding hydrogens is 214 g/mol. The maximum absolute atomic E-state index is 10.7. The smallest absolute Gasteiger partial charge is 0.153 e. The Labute approximate surface area is 91.7 Å². The van der Waals surface area contributed by atoms with Gasteiger partial charge in [-0.3, -0.25) is 9.78 Å². The predicted octanol–water partition coefficient (Wildman–Crippen LogP) is 3.12. The molecule has 0 fully saturated rings. The Morgan fingerprint density at radius 2 is 2.33 bits per heavy atom. The molecule has 0 saturated carbocycles. The SMILES string of the molecule is Cc1ncc(-c2occc2C=O)cc1Cl. The number of hydrogen-bond acceptors (Lipinski definition) is 3. The van der Waals surface area contributed by atoms with Crippen molar-refractivity contribution in [1.29, 1.82) is 0 Å². The van der Waals surface area contributed by atoms with E-state index in [1.807, 2.05) is 6.92 Å². The van der Waals surface area contributed by atoms with E-state index in [2.05, 4.69) is 4.98 Å². The number of carbonyl (C=O) groups is 1. The van der Waals surface area contributed by atoms with E-state index in [0.717, 1.165) is 12.0 Å². The molecule has 0 spiro atoms. The Hall–Kier alpha value is -1.61. The van der Waals surface area contributed by atoms with Crippen molar-refractivity contribution < 1.29 is 9.21 Å². The molecule has 2 heterocycles. The van der Waals surface area contributed by atoms with E-state index in [1.54, 1.807) is 18.3 Å². The minimum Gasteiger partial charge on any atom is -0.464 e. The minimum atomic E-state index is 0.497. The fourth-order valence-corrected chi connectivity index (χ4v) is 1.44. The van der Waals surface area contributed by atoms with E-state index >= 15 is 0 Å². The summed E-state index contributed by atoms with van der Waals surface area (Å²) < 4.78 is 5.21. The number of halogens is 1. The third kappa shape index (κ3) is 1.78. The van der Waals surface area contributed by atoms with Crippen molar-refractivity contribution in [3.05, 3.63) is 40.9 Å². The molecular formula is C11H8ClNO2. The van der Waals surface area contributed by atoms with Gasteiger partial charge in [0.05, 0.1) is 22.5 Å². The van der Waals surface area contributed by atoms with Gasteiger partial charge >= 0.3 is 0 Å². The van der Waals surface area contributed by atoms with Crippen molar-refractivity contribution in [2.24, 2.45) is 0 Å². The number of carbonyl (C=O) groups excluding carboxylic acids is 1. The van der Waals surface area contributed by atoms with Crippen molar-refractivity contribution in [2.75, 3.05) is 0 Å². The summed E-state index contributed by atoms with van der Waals surface area (Å²) in [6.07, 6.45) is 3.84. The summed E-state index contributed by atoms with van der Waals surface area (Å²) in [6, 6.07) is 3.34. The van der Waals surface area contributed by atoms with Crippen molar-refractivity contribution >= 4 is 17.9 Å². The van der Waals surface area contributed by atoms with Gasteiger partial charge in [-0.2, -0.15) is 0 Å². The van der Waals surface area contributed by atoms with Crippen LogP contribution < -0.4 is 0 Å². The number of nitrogens with zero attached hydrogens (tertiary/aromatic N) is 1. The molecule has 15 heavy (non-hydrogen) atoms. The summed E-state index contributed by atoms with van der Waals surface area (Å²) in [5.41, 5.74) is 1.95. The van der Waals surface area contributed by atoms with E-state index in [4.69, 9.17) is 16.0 Å². The van der Waals surface area contributed by atoms with E-state index in [9.17, 15) is 4.79 Å². The summed E-state index contributed by atoms with van der Waals surface area (Å²) >= 11 is 5.93. The van der Waals surface area contributed by atoms with Gasteiger partial charge in [0, 0.05) is 11.8 Å². The van der Waals surface area contributed by atoms with Gasteiger partial charge in [0.1, 0.15) is 5.76 Å². The van der Waals surface area contributed by atoms with Crippen LogP contribution >= 0.6 is 11.6 Å². The molecule has 0 aliphatic carbocycles. The fraction of sp³-hybridized carbons (Fsp3) is 0.0909. The zero-order chi connectivity index (χ0) is 10.8. The first-order chi connectivity index (χ1) is 7.22. The number of rotatable bonds is 2. The van der Waals surface area contributed by atoms with Crippen molar-refractivity contribution in [2.45, 2.75) is 6.92 Å². The van der Waals surface area contributed by atoms with Gasteiger partial charge in [0.15, 0.2) is 6.29 Å². The minimum absolute atomic E-state index is 0.497. The molecule has 0 aliphatic heterocycles. The lowest BCUT2D eigenvalue weighted by Crippen LogP contribution is -1.86. The molecule has 3 nitrogen and oxygen atoms in total. The molecule has 2 aromatic heterocycles. The average molecular weight is 222 g/mol. The van der Waals surface area contributed by atoms with Crippen LogP contribution in [0, 0.1) is 6.92 Å². The lowest BCUT2D eigenvalue weighted by atomic mass is 10.1. The molecule has 0 atom stereocenters. The van der Waals surface area contributed by atoms with Gasteiger partial charge in [0.25, 0.3) is 0 Å². The molecule has 76 valence electrons. The van der Waals surface area contributed by atoms with Crippen LogP contribution in [0.2, 0.25) is 5.02 Å². The summed E-state index contributed by atoms with van der Waals surface area (Å²) in [5.74, 6) is 0.499. The Morgan fingerprint density at radius 1 is 1.53 bits per heavy atom. The molecule has 0 aromatic carbocycles. The molecule has 2 aromatic rings. The summed E-state index contributed by atoms with van der Waals surface area (Å²) in [7, 11) is 0. The Kier molecular flexibility index (Phi) is 2.56. The quantitative estimate of drug-likeness (QED) is 0.732. The molecule has 0 radical (unpaired) electrons. The maximum atomic E-state index is 10.7. The molecule has 0 unspecified atom stereocenters. The monoisotopic (exact) mass is 221 g/mol. The van der Waals surface area contributed by atoms with Gasteiger partial charge in [-0.25, -0.2) is 0 Å². The second kappa shape index (κ2) is 3.87. The highest BCUT2D eigenvalue weighted by molar-refractivity contribution is 6.31. The Bertz CT molecular complexity index is 505. The molecule has 0 saturated heterocycles. The van der Waals surface area contributed by atoms with E-state index in [-0.39, 0.29) is 0 Å². The van der Waals surface area contributed by atoms with Crippen molar-refractivity contribution in [3.8, 4) is 11.3 Å². The van der Waals surface area contributed by atoms with Gasteiger partial charge < -0.3 is 4.42 Å². The van der Waals surface area contributed by atoms with Crippen molar-refractivity contribution in [1.82, 2.24) is 4.98 Å². The van der Waals surface area contributed by atoms with Gasteiger partial charge in [-0.1, -0.05) is 11.6 Å². The number of hydrogen-bond donors (Lipinski definition) is 0. The molecule has 0 amide bonds. The molecule has 2 rings (SSSR count). The number of aldehydes is 1. The van der Waals surface area contributed by atoms with Crippen LogP contribution in [0.1, 0.15) is 16.1 Å². The third-order valence-corrected chi connectivity index (χ3v) is 2.49. The number of pyridine rings is 1. The van der Waals surface area contributed by atoms with Gasteiger partial charge in [-0.05, 0) is 19.1 Å². The second-order valence-electron chi connectivity index (χ2n) is 3.11. The Balaban J connectivity index is 2.54. The lowest BCUT2D eigenvalue weighted by Gasteiger charge is -2.00. The normalized spacial score (nSPS) is 10.3. The molecule has 0 N–H and O–H groups in total. The zero-order valence-electron chi connectivity index (χ0n) is 8.03. The van der Waals surface area contributed by atoms with E-state index < -0.39 is 0 Å². The summed E-state index contributed by atoms with van der Waals surface area (Å²) in [4.78, 5) is 14.8. The highest BCUT2D eigenvalue weighted by atomic mass is 35.5. The number of aryl methyl sites for hydroxylation is 1. The zero-order valence-corrected chi connectivity index (χ0v) is 8.78. The third-order valence-electron chi connectivity index (χ3n) is 2.11. The first-order valence-corrected chi connectivity index (χ1v) is 4.75. The van der Waals surface area contributed by atoms with Gasteiger partial charge in [0.2, 0.25) is 0 Å². The van der Waals surface area contributed by atoms with Crippen LogP contribution in [-0.2, 0) is 0 Å². The van der Waals surface area contributed by atoms with Gasteiger partial charge in [-0.15, -0.1) is 0 Å². The number of aromatic nitrogens is 1. The standard InChI is InChI=1S/C11H8ClNO2/c1-7-10(12)4-9(5-13-7)11-8(6-14)2-3-15-11/h2-6H,1H3. The molecule has 4 heteroatoms. The van der Waals surface area contributed by atoms with Crippen molar-refractivity contribution in [3.63, 3.8) is 0 Å². The van der Waals surface area contributed by atoms with Crippen LogP contribution in [-0.4, -0.2) is 11.3 Å². The topological polar surface area (TPSA) is 43.1 Å². The van der Waals surface area contributed by atoms with E-state index in [0.29, 0.717) is 21.9 Å². The second-order valence-corrected chi connectivity index (χ2v) is 3.52. The highest BCUT2D eigenvalue weighted by Crippen LogP contribution is 2.26. The first kappa shape index (κ1) is 9.93. The predicted molar refractivity (Wildman–Crippen MR) is 57.1 cm³/mol. The largest absolute Gasteiger partial charge is 0.464 e. The summed E-state index contributed by atoms with van der Waals surface area (Å²) in [5, 5.41) is 0.556. The number of furan rings is 1. The van der Waals surface area contributed by atoms with Crippen LogP contribution in [0.25, 0.3) is 11.3 Å². The van der Waals surface area contributed by atoms with Crippen LogP contribution in [0.4, 0.5) is 0 Å². The van der Waals surface area contributed by atoms with E-state index in [1.165, 1.54) is 6.26 Å². The highest BCUT2D eigenvalue weighted by Gasteiger charge is 2.09.